The molecule has 1 aromatic carbocycles. The van der Waals surface area contributed by atoms with E-state index in [1.54, 1.807) is 12.1 Å². The molecule has 8 heteroatoms. The number of anilines is 1. The van der Waals surface area contributed by atoms with Crippen molar-refractivity contribution in [3.05, 3.63) is 12.1 Å². The molecule has 0 saturated heterocycles. The second-order valence-electron chi connectivity index (χ2n) is 5.14. The Morgan fingerprint density at radius 1 is 1.09 bits per heavy atom. The summed E-state index contributed by atoms with van der Waals surface area (Å²) >= 11 is 5.14. The Labute approximate surface area is 141 Å². The third kappa shape index (κ3) is 5.82. The smallest absolute Gasteiger partial charge is 0.238 e. The Morgan fingerprint density at radius 3 is 2.09 bits per heavy atom. The van der Waals surface area contributed by atoms with E-state index >= 15 is 0 Å². The van der Waals surface area contributed by atoms with Crippen LogP contribution in [-0.2, 0) is 4.79 Å². The van der Waals surface area contributed by atoms with Crippen LogP contribution < -0.4 is 30.4 Å². The predicted octanol–water partition coefficient (Wildman–Crippen LogP) is 2.08. The van der Waals surface area contributed by atoms with Gasteiger partial charge in [-0.3, -0.25) is 15.6 Å². The number of ether oxygens (including phenoxy) is 3. The van der Waals surface area contributed by atoms with E-state index in [1.165, 1.54) is 21.3 Å². The summed E-state index contributed by atoms with van der Waals surface area (Å²) in [6, 6.07) is 3.43. The molecule has 0 fully saturated rings. The zero-order valence-electron chi connectivity index (χ0n) is 14.0. The Balaban J connectivity index is 2.73. The first kappa shape index (κ1) is 18.8. The second kappa shape index (κ2) is 9.04. The fraction of sp³-hybridized carbons (Fsp3) is 0.467. The number of amides is 1. The molecule has 0 aliphatic heterocycles. The molecule has 0 unspecified atom stereocenters. The summed E-state index contributed by atoms with van der Waals surface area (Å²) in [7, 11) is 4.59. The van der Waals surface area contributed by atoms with Crippen LogP contribution in [0.15, 0.2) is 12.1 Å². The number of methoxy groups -OCH3 is 3. The van der Waals surface area contributed by atoms with Crippen molar-refractivity contribution >= 4 is 28.9 Å². The van der Waals surface area contributed by atoms with Gasteiger partial charge < -0.3 is 19.5 Å². The van der Waals surface area contributed by atoms with Crippen molar-refractivity contribution in [2.24, 2.45) is 5.92 Å². The second-order valence-corrected chi connectivity index (χ2v) is 5.55. The zero-order valence-corrected chi connectivity index (χ0v) is 14.8. The lowest BCUT2D eigenvalue weighted by Gasteiger charge is -2.16. The van der Waals surface area contributed by atoms with Crippen molar-refractivity contribution in [3.63, 3.8) is 0 Å². The highest BCUT2D eigenvalue weighted by atomic mass is 32.1. The summed E-state index contributed by atoms with van der Waals surface area (Å²) in [6.45, 7) is 3.93. The van der Waals surface area contributed by atoms with Gasteiger partial charge in [-0.2, -0.15) is 0 Å². The van der Waals surface area contributed by atoms with E-state index < -0.39 is 0 Å². The van der Waals surface area contributed by atoms with Crippen molar-refractivity contribution in [1.29, 1.82) is 0 Å². The topological polar surface area (TPSA) is 80.9 Å². The van der Waals surface area contributed by atoms with Crippen LogP contribution in [0.3, 0.4) is 0 Å². The summed E-state index contributed by atoms with van der Waals surface area (Å²) < 4.78 is 15.8. The molecular formula is C15H23N3O4S. The fourth-order valence-electron chi connectivity index (χ4n) is 1.86. The SMILES string of the molecule is COc1cc(NC(=S)NNC(=O)CC(C)C)cc(OC)c1OC. The summed E-state index contributed by atoms with van der Waals surface area (Å²) in [6.07, 6.45) is 0.416. The van der Waals surface area contributed by atoms with Gasteiger partial charge in [0.2, 0.25) is 11.7 Å². The van der Waals surface area contributed by atoms with Gasteiger partial charge >= 0.3 is 0 Å². The molecule has 0 saturated carbocycles. The first-order valence-corrected chi connectivity index (χ1v) is 7.47. The molecule has 0 radical (unpaired) electrons. The van der Waals surface area contributed by atoms with Crippen LogP contribution in [0, 0.1) is 5.92 Å². The van der Waals surface area contributed by atoms with Crippen LogP contribution in [0.25, 0.3) is 0 Å². The van der Waals surface area contributed by atoms with Gasteiger partial charge in [0.25, 0.3) is 0 Å². The van der Waals surface area contributed by atoms with Gasteiger partial charge in [0.05, 0.1) is 21.3 Å². The molecule has 0 aliphatic rings. The minimum absolute atomic E-state index is 0.131. The molecule has 3 N–H and O–H groups in total. The summed E-state index contributed by atoms with van der Waals surface area (Å²) in [4.78, 5) is 11.6. The van der Waals surface area contributed by atoms with Crippen molar-refractivity contribution in [3.8, 4) is 17.2 Å². The van der Waals surface area contributed by atoms with Crippen LogP contribution in [0.5, 0.6) is 17.2 Å². The largest absolute Gasteiger partial charge is 0.493 e. The number of thiocarbonyl (C=S) groups is 1. The Morgan fingerprint density at radius 2 is 1.65 bits per heavy atom. The minimum Gasteiger partial charge on any atom is -0.493 e. The van der Waals surface area contributed by atoms with Gasteiger partial charge in [-0.15, -0.1) is 0 Å². The number of rotatable bonds is 6. The van der Waals surface area contributed by atoms with Crippen LogP contribution >= 0.6 is 12.2 Å². The van der Waals surface area contributed by atoms with Crippen LogP contribution in [-0.4, -0.2) is 32.3 Å². The standard InChI is InChI=1S/C15H23N3O4S/c1-9(2)6-13(19)17-18-15(23)16-10-7-11(20-3)14(22-5)12(8-10)21-4/h7-9H,6H2,1-5H3,(H,17,19)(H2,16,18,23). The van der Waals surface area contributed by atoms with E-state index in [1.807, 2.05) is 13.8 Å². The lowest BCUT2D eigenvalue weighted by molar-refractivity contribution is -0.122. The maximum absolute atomic E-state index is 11.6. The highest BCUT2D eigenvalue weighted by molar-refractivity contribution is 7.80. The van der Waals surface area contributed by atoms with E-state index in [4.69, 9.17) is 26.4 Å². The molecule has 0 bridgehead atoms. The summed E-state index contributed by atoms with van der Waals surface area (Å²) in [5.41, 5.74) is 5.82. The molecule has 0 heterocycles. The van der Waals surface area contributed by atoms with Gasteiger partial charge in [-0.25, -0.2) is 0 Å². The molecule has 0 spiro atoms. The number of hydrazine groups is 1. The number of benzene rings is 1. The third-order valence-electron chi connectivity index (χ3n) is 2.83. The molecule has 1 rings (SSSR count). The number of carbonyl (C=O) groups is 1. The maximum atomic E-state index is 11.6. The number of hydrogen-bond acceptors (Lipinski definition) is 5. The van der Waals surface area contributed by atoms with Crippen LogP contribution in [0.1, 0.15) is 20.3 Å². The van der Waals surface area contributed by atoms with Crippen molar-refractivity contribution in [1.82, 2.24) is 10.9 Å². The number of hydrogen-bond donors (Lipinski definition) is 3. The summed E-state index contributed by atoms with van der Waals surface area (Å²) in [5.74, 6) is 1.63. The first-order valence-electron chi connectivity index (χ1n) is 7.07. The van der Waals surface area contributed by atoms with E-state index in [0.717, 1.165) is 0 Å². The quantitative estimate of drug-likeness (QED) is 0.540. The fourth-order valence-corrected chi connectivity index (χ4v) is 2.03. The van der Waals surface area contributed by atoms with E-state index in [-0.39, 0.29) is 16.9 Å². The minimum atomic E-state index is -0.131. The van der Waals surface area contributed by atoms with Gasteiger partial charge in [0.15, 0.2) is 16.6 Å². The maximum Gasteiger partial charge on any atom is 0.238 e. The van der Waals surface area contributed by atoms with Crippen molar-refractivity contribution < 1.29 is 19.0 Å². The van der Waals surface area contributed by atoms with Gasteiger partial charge in [-0.05, 0) is 18.1 Å². The van der Waals surface area contributed by atoms with Gasteiger partial charge in [0.1, 0.15) is 0 Å². The van der Waals surface area contributed by atoms with Crippen LogP contribution in [0.4, 0.5) is 5.69 Å². The Hall–Kier alpha value is -2.22. The highest BCUT2D eigenvalue weighted by Crippen LogP contribution is 2.39. The van der Waals surface area contributed by atoms with E-state index in [2.05, 4.69) is 16.2 Å². The van der Waals surface area contributed by atoms with E-state index in [9.17, 15) is 4.79 Å². The average molecular weight is 341 g/mol. The zero-order chi connectivity index (χ0) is 17.4. The predicted molar refractivity (Wildman–Crippen MR) is 93.1 cm³/mol. The molecular weight excluding hydrogens is 318 g/mol. The summed E-state index contributed by atoms with van der Waals surface area (Å²) in [5, 5.41) is 3.19. The third-order valence-corrected chi connectivity index (χ3v) is 3.04. The highest BCUT2D eigenvalue weighted by Gasteiger charge is 2.14. The molecule has 0 aromatic heterocycles. The number of carbonyl (C=O) groups excluding carboxylic acids is 1. The monoisotopic (exact) mass is 341 g/mol. The average Bonchev–Trinajstić information content (AvgIpc) is 2.51. The molecule has 7 nitrogen and oxygen atoms in total. The van der Waals surface area contributed by atoms with Gasteiger partial charge in [0, 0.05) is 24.2 Å². The Bertz CT molecular complexity index is 539. The molecule has 23 heavy (non-hydrogen) atoms. The molecule has 1 amide bonds. The Kier molecular flexibility index (Phi) is 7.40. The first-order chi connectivity index (χ1) is 10.9. The van der Waals surface area contributed by atoms with E-state index in [0.29, 0.717) is 29.4 Å². The van der Waals surface area contributed by atoms with Crippen molar-refractivity contribution in [2.45, 2.75) is 20.3 Å². The van der Waals surface area contributed by atoms with Crippen LogP contribution in [0.2, 0.25) is 0 Å². The lowest BCUT2D eigenvalue weighted by atomic mass is 10.1. The molecule has 0 aliphatic carbocycles. The van der Waals surface area contributed by atoms with Gasteiger partial charge in [-0.1, -0.05) is 13.8 Å². The molecule has 1 aromatic rings. The van der Waals surface area contributed by atoms with Crippen molar-refractivity contribution in [2.75, 3.05) is 26.6 Å². The molecule has 0 atom stereocenters. The molecule has 128 valence electrons. The number of nitrogens with one attached hydrogen (secondary N) is 3. The lowest BCUT2D eigenvalue weighted by Crippen LogP contribution is -2.44. The normalized spacial score (nSPS) is 10.0.